The molecule has 132 valence electrons. The van der Waals surface area contributed by atoms with Crippen molar-refractivity contribution in [2.45, 2.75) is 0 Å². The molecule has 2 N–H and O–H groups in total. The third kappa shape index (κ3) is 3.62. The third-order valence-electron chi connectivity index (χ3n) is 4.03. The average Bonchev–Trinajstić information content (AvgIpc) is 2.68. The summed E-state index contributed by atoms with van der Waals surface area (Å²) in [4.78, 5) is 11.4. The Morgan fingerprint density at radius 1 is 0.846 bits per heavy atom. The smallest absolute Gasteiger partial charge is 0.337 e. The molecule has 0 aliphatic heterocycles. The minimum atomic E-state index is -0.986. The number of hydrogen-bond donors (Lipinski definition) is 2. The Hall–Kier alpha value is -3.47. The first-order valence-corrected chi connectivity index (χ1v) is 8.04. The molecule has 0 radical (unpaired) electrons. The third-order valence-corrected chi connectivity index (χ3v) is 4.03. The molecule has 5 heteroatoms. The highest BCUT2D eigenvalue weighted by molar-refractivity contribution is 5.95. The van der Waals surface area contributed by atoms with E-state index >= 15 is 0 Å². The number of hydrogen-bond acceptors (Lipinski definition) is 4. The van der Waals surface area contributed by atoms with Crippen LogP contribution in [0.4, 0.5) is 11.4 Å². The second kappa shape index (κ2) is 7.61. The van der Waals surface area contributed by atoms with Gasteiger partial charge in [0.05, 0.1) is 31.2 Å². The lowest BCUT2D eigenvalue weighted by atomic mass is 10.0. The molecular formula is C21H19NO4. The van der Waals surface area contributed by atoms with Crippen molar-refractivity contribution < 1.29 is 19.4 Å². The molecular weight excluding hydrogens is 330 g/mol. The van der Waals surface area contributed by atoms with Crippen LogP contribution in [-0.4, -0.2) is 25.3 Å². The number of ether oxygens (including phenoxy) is 2. The Kier molecular flexibility index (Phi) is 5.08. The molecule has 3 rings (SSSR count). The van der Waals surface area contributed by atoms with E-state index in [0.717, 1.165) is 16.9 Å². The quantitative estimate of drug-likeness (QED) is 0.668. The van der Waals surface area contributed by atoms with E-state index in [2.05, 4.69) is 5.32 Å². The van der Waals surface area contributed by atoms with Crippen molar-refractivity contribution in [2.75, 3.05) is 19.5 Å². The van der Waals surface area contributed by atoms with Crippen LogP contribution in [0.3, 0.4) is 0 Å². The Morgan fingerprint density at radius 3 is 2.35 bits per heavy atom. The van der Waals surface area contributed by atoms with Crippen LogP contribution in [-0.2, 0) is 0 Å². The van der Waals surface area contributed by atoms with Gasteiger partial charge in [0.2, 0.25) is 0 Å². The highest BCUT2D eigenvalue weighted by atomic mass is 16.5. The summed E-state index contributed by atoms with van der Waals surface area (Å²) in [7, 11) is 3.21. The van der Waals surface area contributed by atoms with Gasteiger partial charge in [-0.2, -0.15) is 0 Å². The lowest BCUT2D eigenvalue weighted by molar-refractivity contribution is 0.0698. The van der Waals surface area contributed by atoms with E-state index in [0.29, 0.717) is 17.1 Å². The van der Waals surface area contributed by atoms with Gasteiger partial charge < -0.3 is 19.9 Å². The zero-order chi connectivity index (χ0) is 18.5. The number of para-hydroxylation sites is 1. The van der Waals surface area contributed by atoms with Crippen molar-refractivity contribution in [1.82, 2.24) is 0 Å². The van der Waals surface area contributed by atoms with Crippen molar-refractivity contribution in [3.05, 3.63) is 72.3 Å². The summed E-state index contributed by atoms with van der Waals surface area (Å²) in [6.07, 6.45) is 0. The van der Waals surface area contributed by atoms with Crippen LogP contribution in [0.2, 0.25) is 0 Å². The number of carbonyl (C=O) groups is 1. The van der Waals surface area contributed by atoms with Gasteiger partial charge >= 0.3 is 5.97 Å². The van der Waals surface area contributed by atoms with Gasteiger partial charge in [0.1, 0.15) is 11.5 Å². The first kappa shape index (κ1) is 17.4. The Morgan fingerprint density at radius 2 is 1.62 bits per heavy atom. The maximum absolute atomic E-state index is 11.4. The monoisotopic (exact) mass is 349 g/mol. The van der Waals surface area contributed by atoms with Crippen LogP contribution >= 0.6 is 0 Å². The Balaban J connectivity index is 1.96. The van der Waals surface area contributed by atoms with Gasteiger partial charge in [-0.15, -0.1) is 0 Å². The molecule has 0 unspecified atom stereocenters. The lowest BCUT2D eigenvalue weighted by Gasteiger charge is -2.14. The van der Waals surface area contributed by atoms with Crippen molar-refractivity contribution in [3.8, 4) is 22.6 Å². The molecule has 3 aromatic carbocycles. The number of nitrogens with one attached hydrogen (secondary N) is 1. The highest BCUT2D eigenvalue weighted by Crippen LogP contribution is 2.34. The minimum absolute atomic E-state index is 0.200. The molecule has 0 bridgehead atoms. The second-order valence-corrected chi connectivity index (χ2v) is 5.62. The van der Waals surface area contributed by atoms with E-state index in [1.54, 1.807) is 38.5 Å². The second-order valence-electron chi connectivity index (χ2n) is 5.62. The van der Waals surface area contributed by atoms with E-state index < -0.39 is 5.97 Å². The summed E-state index contributed by atoms with van der Waals surface area (Å²) in [5.74, 6) is 0.407. The summed E-state index contributed by atoms with van der Waals surface area (Å²) < 4.78 is 10.8. The minimum Gasteiger partial charge on any atom is -0.497 e. The van der Waals surface area contributed by atoms with Crippen molar-refractivity contribution in [2.24, 2.45) is 0 Å². The molecule has 0 heterocycles. The highest BCUT2D eigenvalue weighted by Gasteiger charge is 2.12. The van der Waals surface area contributed by atoms with Crippen LogP contribution in [0.1, 0.15) is 10.4 Å². The van der Waals surface area contributed by atoms with Gasteiger partial charge in [0.25, 0.3) is 0 Å². The number of rotatable bonds is 6. The van der Waals surface area contributed by atoms with Gasteiger partial charge in [0.15, 0.2) is 0 Å². The molecule has 0 saturated carbocycles. The normalized spacial score (nSPS) is 10.2. The van der Waals surface area contributed by atoms with Gasteiger partial charge in [-0.1, -0.05) is 30.3 Å². The van der Waals surface area contributed by atoms with Gasteiger partial charge in [0, 0.05) is 0 Å². The molecule has 0 amide bonds. The molecule has 0 aromatic heterocycles. The molecule has 5 nitrogen and oxygen atoms in total. The predicted molar refractivity (Wildman–Crippen MR) is 102 cm³/mol. The van der Waals surface area contributed by atoms with E-state index in [4.69, 9.17) is 9.47 Å². The van der Waals surface area contributed by atoms with Crippen LogP contribution < -0.4 is 14.8 Å². The van der Waals surface area contributed by atoms with Crippen LogP contribution in [0.15, 0.2) is 66.7 Å². The largest absolute Gasteiger partial charge is 0.497 e. The van der Waals surface area contributed by atoms with E-state index in [1.807, 2.05) is 42.5 Å². The van der Waals surface area contributed by atoms with Gasteiger partial charge in [-0.05, 0) is 47.5 Å². The lowest BCUT2D eigenvalue weighted by Crippen LogP contribution is -2.03. The Bertz CT molecular complexity index is 937. The summed E-state index contributed by atoms with van der Waals surface area (Å²) in [6, 6.07) is 20.2. The average molecular weight is 349 g/mol. The maximum atomic E-state index is 11.4. The fraction of sp³-hybridized carbons (Fsp3) is 0.0952. The first-order valence-electron chi connectivity index (χ1n) is 8.04. The number of aromatic carboxylic acids is 1. The number of anilines is 2. The van der Waals surface area contributed by atoms with Gasteiger partial charge in [-0.25, -0.2) is 4.79 Å². The molecule has 0 aliphatic carbocycles. The first-order chi connectivity index (χ1) is 12.6. The van der Waals surface area contributed by atoms with Gasteiger partial charge in [-0.3, -0.25) is 0 Å². The van der Waals surface area contributed by atoms with Crippen LogP contribution in [0.5, 0.6) is 11.5 Å². The fourth-order valence-corrected chi connectivity index (χ4v) is 2.70. The molecule has 0 saturated heterocycles. The van der Waals surface area contributed by atoms with Crippen LogP contribution in [0, 0.1) is 0 Å². The zero-order valence-corrected chi connectivity index (χ0v) is 14.5. The topological polar surface area (TPSA) is 67.8 Å². The number of carboxylic acids is 1. The SMILES string of the molecule is COc1cccc(-c2ccc(Nc3ccccc3C(=O)O)c(OC)c2)c1. The Labute approximate surface area is 151 Å². The van der Waals surface area contributed by atoms with Crippen LogP contribution in [0.25, 0.3) is 11.1 Å². The summed E-state index contributed by atoms with van der Waals surface area (Å²) in [5, 5.41) is 12.5. The fourth-order valence-electron chi connectivity index (χ4n) is 2.70. The molecule has 0 fully saturated rings. The van der Waals surface area contributed by atoms with Crippen molar-refractivity contribution in [1.29, 1.82) is 0 Å². The van der Waals surface area contributed by atoms with E-state index in [9.17, 15) is 9.90 Å². The molecule has 0 spiro atoms. The number of benzene rings is 3. The molecule has 0 aliphatic rings. The van der Waals surface area contributed by atoms with Crippen molar-refractivity contribution in [3.63, 3.8) is 0 Å². The standard InChI is InChI=1S/C21H19NO4/c1-25-16-7-5-6-14(12-16)15-10-11-19(20(13-15)26-2)22-18-9-4-3-8-17(18)21(23)24/h3-13,22H,1-2H3,(H,23,24). The van der Waals surface area contributed by atoms with E-state index in [1.165, 1.54) is 0 Å². The molecule has 0 atom stereocenters. The maximum Gasteiger partial charge on any atom is 0.337 e. The number of methoxy groups -OCH3 is 2. The molecule has 26 heavy (non-hydrogen) atoms. The van der Waals surface area contributed by atoms with Crippen molar-refractivity contribution >= 4 is 17.3 Å². The van der Waals surface area contributed by atoms with E-state index in [-0.39, 0.29) is 5.56 Å². The number of carboxylic acid groups (broad SMARTS) is 1. The summed E-state index contributed by atoms with van der Waals surface area (Å²) in [5.41, 5.74) is 3.37. The summed E-state index contributed by atoms with van der Waals surface area (Å²) >= 11 is 0. The molecule has 3 aromatic rings. The predicted octanol–water partition coefficient (Wildman–Crippen LogP) is 4.81. The zero-order valence-electron chi connectivity index (χ0n) is 14.5. The summed E-state index contributed by atoms with van der Waals surface area (Å²) in [6.45, 7) is 0.